The van der Waals surface area contributed by atoms with Gasteiger partial charge in [0.05, 0.1) is 22.6 Å². The summed E-state index contributed by atoms with van der Waals surface area (Å²) in [6.07, 6.45) is -5.88. The molecule has 0 amide bonds. The summed E-state index contributed by atoms with van der Waals surface area (Å²) in [6, 6.07) is 18.7. The van der Waals surface area contributed by atoms with Crippen molar-refractivity contribution in [1.29, 1.82) is 0 Å². The molecule has 16 heteroatoms. The monoisotopic (exact) mass is 754 g/mol. The molecule has 0 heterocycles. The smallest absolute Gasteiger partial charge is 0.200 e. The first-order valence-corrected chi connectivity index (χ1v) is 14.9. The Kier molecular flexibility index (Phi) is 9.52. The number of halogens is 15. The molecule has 0 aliphatic carbocycles. The number of hydrogen-bond acceptors (Lipinski definition) is 0. The maximum atomic E-state index is 16.0. The van der Waals surface area contributed by atoms with Crippen LogP contribution in [0.3, 0.4) is 0 Å². The Morgan fingerprint density at radius 1 is 0.264 bits per heavy atom. The van der Waals surface area contributed by atoms with Crippen LogP contribution in [0.4, 0.5) is 65.9 Å². The van der Waals surface area contributed by atoms with Crippen LogP contribution < -0.4 is 21.9 Å². The SMILES string of the molecule is Fc1c(F)c(F)c([B-](c2ccc([C+](c3ccccc3)c3ccccc3)cc2)(c2c(F)c(F)c(F)c(F)c2F)c2c(F)c(F)c(F)c(F)c2F)c(F)c1F. The highest BCUT2D eigenvalue weighted by atomic mass is 19.2. The number of benzene rings is 6. The molecule has 0 nitrogen and oxygen atoms in total. The second-order valence-electron chi connectivity index (χ2n) is 11.5. The summed E-state index contributed by atoms with van der Waals surface area (Å²) in [7, 11) is 0. The fourth-order valence-electron chi connectivity index (χ4n) is 6.59. The lowest BCUT2D eigenvalue weighted by atomic mass is 9.12. The summed E-state index contributed by atoms with van der Waals surface area (Å²) in [4.78, 5) is 0. The second kappa shape index (κ2) is 13.6. The van der Waals surface area contributed by atoms with E-state index >= 15 is 26.3 Å². The van der Waals surface area contributed by atoms with Crippen LogP contribution >= 0.6 is 0 Å². The van der Waals surface area contributed by atoms with Gasteiger partial charge in [0.25, 0.3) is 0 Å². The van der Waals surface area contributed by atoms with E-state index in [0.29, 0.717) is 29.2 Å². The van der Waals surface area contributed by atoms with E-state index in [0.717, 1.165) is 12.1 Å². The van der Waals surface area contributed by atoms with Crippen LogP contribution in [0.5, 0.6) is 0 Å². The first-order valence-electron chi connectivity index (χ1n) is 14.9. The first-order chi connectivity index (χ1) is 25.1. The minimum atomic E-state index is -5.88. The molecule has 0 atom stereocenters. The third-order valence-corrected chi connectivity index (χ3v) is 8.85. The molecular weight excluding hydrogens is 740 g/mol. The van der Waals surface area contributed by atoms with E-state index in [1.165, 1.54) is 0 Å². The largest absolute Gasteiger partial charge is 0.207 e. The van der Waals surface area contributed by atoms with Gasteiger partial charge in [-0.15, -0.1) is 16.4 Å². The maximum Gasteiger partial charge on any atom is 0.200 e. The summed E-state index contributed by atoms with van der Waals surface area (Å²) in [5, 5.41) is 0. The van der Waals surface area contributed by atoms with Crippen molar-refractivity contribution >= 4 is 28.0 Å². The van der Waals surface area contributed by atoms with Crippen LogP contribution in [-0.2, 0) is 0 Å². The van der Waals surface area contributed by atoms with Crippen LogP contribution in [0.2, 0.25) is 0 Å². The average Bonchev–Trinajstić information content (AvgIpc) is 3.17. The zero-order valence-corrected chi connectivity index (χ0v) is 25.8. The van der Waals surface area contributed by atoms with Crippen molar-refractivity contribution in [3.05, 3.63) is 195 Å². The Bertz CT molecular complexity index is 2110. The molecule has 0 aromatic heterocycles. The van der Waals surface area contributed by atoms with E-state index in [4.69, 9.17) is 0 Å². The van der Waals surface area contributed by atoms with Gasteiger partial charge < -0.3 is 0 Å². The van der Waals surface area contributed by atoms with Gasteiger partial charge >= 0.3 is 0 Å². The molecule has 0 aliphatic heterocycles. The van der Waals surface area contributed by atoms with Crippen molar-refractivity contribution in [2.24, 2.45) is 0 Å². The van der Waals surface area contributed by atoms with Gasteiger partial charge in [-0.25, -0.2) is 65.9 Å². The lowest BCUT2D eigenvalue weighted by molar-refractivity contribution is 0.380. The Morgan fingerprint density at radius 2 is 0.491 bits per heavy atom. The molecule has 6 rings (SSSR count). The molecule has 0 unspecified atom stereocenters. The van der Waals surface area contributed by atoms with Crippen molar-refractivity contribution in [3.63, 3.8) is 0 Å². The van der Waals surface area contributed by atoms with Gasteiger partial charge in [-0.2, -0.15) is 5.46 Å². The zero-order valence-electron chi connectivity index (χ0n) is 25.8. The topological polar surface area (TPSA) is 0 Å². The predicted molar refractivity (Wildman–Crippen MR) is 163 cm³/mol. The highest BCUT2D eigenvalue weighted by Gasteiger charge is 2.49. The standard InChI is InChI=1S/C37H14BF15/c39-23-20(24(40)30(46)35(51)29(23)45)38(21-25(41)31(47)36(52)32(48)26(21)42,22-27(43)33(49)37(53)34(50)28(22)44)18-13-11-17(12-14-18)19(15-7-3-1-4-8-15)16-9-5-2-6-10-16/h1-14H. The van der Waals surface area contributed by atoms with Gasteiger partial charge in [-0.3, -0.25) is 0 Å². The van der Waals surface area contributed by atoms with Gasteiger partial charge in [0, 0.05) is 0 Å². The minimum absolute atomic E-state index is 0.0445. The Morgan fingerprint density at radius 3 is 0.755 bits per heavy atom. The predicted octanol–water partition coefficient (Wildman–Crippen LogP) is 8.17. The van der Waals surface area contributed by atoms with Gasteiger partial charge in [0.1, 0.15) is 41.0 Å². The third-order valence-electron chi connectivity index (χ3n) is 8.85. The lowest BCUT2D eigenvalue weighted by Crippen LogP contribution is -2.79. The van der Waals surface area contributed by atoms with E-state index < -0.39 is 115 Å². The van der Waals surface area contributed by atoms with Gasteiger partial charge in [0.2, 0.25) is 0 Å². The van der Waals surface area contributed by atoms with Crippen LogP contribution in [0.25, 0.3) is 0 Å². The molecule has 0 saturated heterocycles. The second-order valence-corrected chi connectivity index (χ2v) is 11.5. The van der Waals surface area contributed by atoms with Crippen molar-refractivity contribution in [2.75, 3.05) is 0 Å². The molecule has 0 fully saturated rings. The van der Waals surface area contributed by atoms with E-state index in [-0.39, 0.29) is 5.56 Å². The van der Waals surface area contributed by atoms with Gasteiger partial charge in [-0.1, -0.05) is 24.3 Å². The molecule has 6 aromatic rings. The van der Waals surface area contributed by atoms with Gasteiger partial charge in [0.15, 0.2) is 52.4 Å². The fraction of sp³-hybridized carbons (Fsp3) is 0. The normalized spacial score (nSPS) is 11.7. The Balaban J connectivity index is 1.87. The van der Waals surface area contributed by atoms with E-state index in [9.17, 15) is 39.5 Å². The van der Waals surface area contributed by atoms with Gasteiger partial charge in [-0.05, 0) is 60.7 Å². The summed E-state index contributed by atoms with van der Waals surface area (Å²) < 4.78 is 229. The maximum absolute atomic E-state index is 16.0. The van der Waals surface area contributed by atoms with Crippen LogP contribution in [0.1, 0.15) is 16.7 Å². The molecule has 0 spiro atoms. The Hall–Kier alpha value is -5.80. The zero-order chi connectivity index (χ0) is 38.7. The van der Waals surface area contributed by atoms with Crippen LogP contribution in [0.15, 0.2) is 84.9 Å². The molecule has 270 valence electrons. The highest BCUT2D eigenvalue weighted by molar-refractivity contribution is 7.20. The van der Waals surface area contributed by atoms with Crippen molar-refractivity contribution < 1.29 is 65.9 Å². The molecule has 0 bridgehead atoms. The molecule has 0 radical (unpaired) electrons. The minimum Gasteiger partial charge on any atom is -0.207 e. The Labute approximate surface area is 288 Å². The van der Waals surface area contributed by atoms with E-state index in [1.807, 2.05) is 0 Å². The molecule has 6 aromatic carbocycles. The van der Waals surface area contributed by atoms with Crippen LogP contribution in [0, 0.1) is 93.2 Å². The average molecular weight is 754 g/mol. The summed E-state index contributed by atoms with van der Waals surface area (Å²) in [5.74, 6) is -45.4. The molecule has 0 aliphatic rings. The van der Waals surface area contributed by atoms with Crippen molar-refractivity contribution in [1.82, 2.24) is 0 Å². The number of hydrogen-bond donors (Lipinski definition) is 0. The van der Waals surface area contributed by atoms with Crippen molar-refractivity contribution in [2.45, 2.75) is 0 Å². The quantitative estimate of drug-likeness (QED) is 0.0386. The van der Waals surface area contributed by atoms with Crippen molar-refractivity contribution in [3.8, 4) is 0 Å². The summed E-state index contributed by atoms with van der Waals surface area (Å²) in [5.41, 5.74) is -8.58. The van der Waals surface area contributed by atoms with Crippen LogP contribution in [-0.4, -0.2) is 6.15 Å². The number of rotatable bonds is 7. The summed E-state index contributed by atoms with van der Waals surface area (Å²) >= 11 is 0. The summed E-state index contributed by atoms with van der Waals surface area (Å²) in [6.45, 7) is 0. The molecule has 0 saturated carbocycles. The van der Waals surface area contributed by atoms with E-state index in [1.54, 1.807) is 60.7 Å². The third kappa shape index (κ3) is 5.49. The molecular formula is C37H14BF15. The fourth-order valence-corrected chi connectivity index (χ4v) is 6.59. The van der Waals surface area contributed by atoms with E-state index in [2.05, 4.69) is 0 Å². The molecule has 0 N–H and O–H groups in total. The lowest BCUT2D eigenvalue weighted by Gasteiger charge is -2.44. The highest BCUT2D eigenvalue weighted by Crippen LogP contribution is 2.32. The first kappa shape index (κ1) is 37.0. The molecule has 53 heavy (non-hydrogen) atoms.